The summed E-state index contributed by atoms with van der Waals surface area (Å²) in [6.07, 6.45) is -3.17. The minimum Gasteiger partial charge on any atom is -0.367 e. The first-order valence-electron chi connectivity index (χ1n) is 8.39. The van der Waals surface area contributed by atoms with Crippen molar-refractivity contribution in [2.45, 2.75) is 26.1 Å². The molecule has 3 heterocycles. The lowest BCUT2D eigenvalue weighted by molar-refractivity contribution is -0.141. The van der Waals surface area contributed by atoms with Crippen LogP contribution in [0.5, 0.6) is 0 Å². The summed E-state index contributed by atoms with van der Waals surface area (Å²) in [6.45, 7) is 6.38. The summed E-state index contributed by atoms with van der Waals surface area (Å²) >= 11 is 0. The molecule has 0 unspecified atom stereocenters. The maximum absolute atomic E-state index is 12.6. The van der Waals surface area contributed by atoms with E-state index in [4.69, 9.17) is 0 Å². The number of aromatic nitrogens is 3. The molecule has 140 valence electrons. The van der Waals surface area contributed by atoms with Crippen LogP contribution in [0.25, 0.3) is 0 Å². The molecule has 1 aliphatic rings. The van der Waals surface area contributed by atoms with Crippen molar-refractivity contribution in [2.75, 3.05) is 36.0 Å². The zero-order chi connectivity index (χ0) is 18.9. The molecule has 0 N–H and O–H groups in total. The van der Waals surface area contributed by atoms with Gasteiger partial charge in [-0.2, -0.15) is 18.3 Å². The molecule has 9 heteroatoms. The number of nitrogens with zero attached hydrogens (tertiary/aromatic N) is 5. The third-order valence-corrected chi connectivity index (χ3v) is 4.31. The number of piperazine rings is 1. The van der Waals surface area contributed by atoms with E-state index in [0.29, 0.717) is 31.9 Å². The smallest absolute Gasteiger partial charge is 0.367 e. The molecule has 6 nitrogen and oxygen atoms in total. The Kier molecular flexibility index (Phi) is 4.88. The second-order valence-electron chi connectivity index (χ2n) is 6.44. The van der Waals surface area contributed by atoms with Gasteiger partial charge in [-0.25, -0.2) is 9.67 Å². The fourth-order valence-electron chi connectivity index (χ4n) is 2.89. The van der Waals surface area contributed by atoms with Gasteiger partial charge in [-0.05, 0) is 32.0 Å². The zero-order valence-electron chi connectivity index (χ0n) is 14.6. The highest BCUT2D eigenvalue weighted by Crippen LogP contribution is 2.28. The van der Waals surface area contributed by atoms with E-state index in [2.05, 4.69) is 15.0 Å². The molecule has 2 aromatic rings. The Morgan fingerprint density at radius 2 is 1.65 bits per heavy atom. The van der Waals surface area contributed by atoms with Gasteiger partial charge in [0.1, 0.15) is 11.5 Å². The maximum Gasteiger partial charge on any atom is 0.433 e. The van der Waals surface area contributed by atoms with E-state index in [9.17, 15) is 18.0 Å². The molecule has 0 atom stereocenters. The Balaban J connectivity index is 1.68. The molecule has 1 fully saturated rings. The van der Waals surface area contributed by atoms with Gasteiger partial charge in [-0.15, -0.1) is 0 Å². The fourth-order valence-corrected chi connectivity index (χ4v) is 2.89. The Morgan fingerprint density at radius 1 is 1.00 bits per heavy atom. The fraction of sp³-hybridized carbons (Fsp3) is 0.471. The molecule has 1 aliphatic heterocycles. The summed E-state index contributed by atoms with van der Waals surface area (Å²) in [5.74, 6) is 0.725. The second kappa shape index (κ2) is 6.97. The van der Waals surface area contributed by atoms with Gasteiger partial charge in [0.25, 0.3) is 5.56 Å². The van der Waals surface area contributed by atoms with Gasteiger partial charge in [0.2, 0.25) is 0 Å². The summed E-state index contributed by atoms with van der Waals surface area (Å²) in [7, 11) is 0. The van der Waals surface area contributed by atoms with Crippen LogP contribution in [-0.2, 0) is 6.18 Å². The van der Waals surface area contributed by atoms with Gasteiger partial charge in [-0.3, -0.25) is 4.79 Å². The van der Waals surface area contributed by atoms with Gasteiger partial charge in [0.05, 0.1) is 17.9 Å². The lowest BCUT2D eigenvalue weighted by Crippen LogP contribution is -2.47. The number of alkyl halides is 3. The quantitative estimate of drug-likeness (QED) is 0.835. The van der Waals surface area contributed by atoms with Gasteiger partial charge in [0, 0.05) is 32.2 Å². The number of rotatable bonds is 3. The molecule has 0 spiro atoms. The summed E-state index contributed by atoms with van der Waals surface area (Å²) in [5.41, 5.74) is -0.365. The highest BCUT2D eigenvalue weighted by Gasteiger charge is 2.32. The highest BCUT2D eigenvalue weighted by molar-refractivity contribution is 5.48. The van der Waals surface area contributed by atoms with Crippen molar-refractivity contribution in [1.29, 1.82) is 0 Å². The van der Waals surface area contributed by atoms with Gasteiger partial charge < -0.3 is 9.80 Å². The average Bonchev–Trinajstić information content (AvgIpc) is 2.61. The molecule has 0 saturated carbocycles. The zero-order valence-corrected chi connectivity index (χ0v) is 14.6. The SMILES string of the molecule is CC(C)n1nc(N2CCN(c3ccc(C(F)(F)F)nc3)CC2)ccc1=O. The molecule has 0 bridgehead atoms. The number of anilines is 2. The number of hydrogen-bond acceptors (Lipinski definition) is 5. The standard InChI is InChI=1S/C17H20F3N5O/c1-12(2)25-16(26)6-5-15(22-25)24-9-7-23(8-10-24)13-3-4-14(21-11-13)17(18,19)20/h3-6,11-12H,7-10H2,1-2H3. The Hall–Kier alpha value is -2.58. The van der Waals surface area contributed by atoms with Crippen molar-refractivity contribution in [3.05, 3.63) is 46.5 Å². The van der Waals surface area contributed by atoms with Crippen molar-refractivity contribution in [2.24, 2.45) is 0 Å². The Bertz CT molecular complexity index is 808. The van der Waals surface area contributed by atoms with Crippen LogP contribution < -0.4 is 15.4 Å². The van der Waals surface area contributed by atoms with Gasteiger partial charge in [-0.1, -0.05) is 0 Å². The Labute approximate surface area is 148 Å². The minimum absolute atomic E-state index is 0.0260. The third-order valence-electron chi connectivity index (χ3n) is 4.31. The lowest BCUT2D eigenvalue weighted by atomic mass is 10.2. The molecule has 1 saturated heterocycles. The van der Waals surface area contributed by atoms with Gasteiger partial charge >= 0.3 is 6.18 Å². The predicted molar refractivity (Wildman–Crippen MR) is 92.5 cm³/mol. The highest BCUT2D eigenvalue weighted by atomic mass is 19.4. The molecular formula is C17H20F3N5O. The van der Waals surface area contributed by atoms with E-state index in [1.54, 1.807) is 6.07 Å². The lowest BCUT2D eigenvalue weighted by Gasteiger charge is -2.36. The molecule has 0 radical (unpaired) electrons. The van der Waals surface area contributed by atoms with Crippen LogP contribution in [0.4, 0.5) is 24.7 Å². The molecule has 0 amide bonds. The first-order chi connectivity index (χ1) is 12.3. The maximum atomic E-state index is 12.6. The summed E-state index contributed by atoms with van der Waals surface area (Å²) in [6, 6.07) is 5.64. The van der Waals surface area contributed by atoms with Crippen molar-refractivity contribution in [3.8, 4) is 0 Å². The topological polar surface area (TPSA) is 54.3 Å². The molecule has 26 heavy (non-hydrogen) atoms. The van der Waals surface area contributed by atoms with Crippen LogP contribution in [0.1, 0.15) is 25.6 Å². The molecule has 2 aromatic heterocycles. The van der Waals surface area contributed by atoms with Crippen molar-refractivity contribution < 1.29 is 13.2 Å². The molecule has 0 aliphatic carbocycles. The van der Waals surface area contributed by atoms with E-state index in [-0.39, 0.29) is 11.6 Å². The normalized spacial score (nSPS) is 15.6. The third kappa shape index (κ3) is 3.81. The predicted octanol–water partition coefficient (Wildman–Crippen LogP) is 2.56. The van der Waals surface area contributed by atoms with Crippen LogP contribution in [0, 0.1) is 0 Å². The molecule has 0 aromatic carbocycles. The largest absolute Gasteiger partial charge is 0.433 e. The van der Waals surface area contributed by atoms with Crippen molar-refractivity contribution in [3.63, 3.8) is 0 Å². The summed E-state index contributed by atoms with van der Waals surface area (Å²) in [5, 5.41) is 4.41. The Morgan fingerprint density at radius 3 is 2.19 bits per heavy atom. The monoisotopic (exact) mass is 367 g/mol. The van der Waals surface area contributed by atoms with E-state index >= 15 is 0 Å². The first kappa shape index (κ1) is 18.2. The van der Waals surface area contributed by atoms with E-state index in [1.165, 1.54) is 23.0 Å². The van der Waals surface area contributed by atoms with Gasteiger partial charge in [0.15, 0.2) is 0 Å². The van der Waals surface area contributed by atoms with E-state index in [1.807, 2.05) is 18.7 Å². The van der Waals surface area contributed by atoms with Crippen molar-refractivity contribution >= 4 is 11.5 Å². The first-order valence-corrected chi connectivity index (χ1v) is 8.39. The van der Waals surface area contributed by atoms with Crippen LogP contribution in [0.3, 0.4) is 0 Å². The number of halogens is 3. The summed E-state index contributed by atoms with van der Waals surface area (Å²) < 4.78 is 39.3. The molecular weight excluding hydrogens is 347 g/mol. The van der Waals surface area contributed by atoms with Crippen LogP contribution >= 0.6 is 0 Å². The van der Waals surface area contributed by atoms with Crippen LogP contribution in [-0.4, -0.2) is 40.9 Å². The van der Waals surface area contributed by atoms with Crippen LogP contribution in [0.2, 0.25) is 0 Å². The summed E-state index contributed by atoms with van der Waals surface area (Å²) in [4.78, 5) is 19.4. The van der Waals surface area contributed by atoms with E-state index < -0.39 is 11.9 Å². The van der Waals surface area contributed by atoms with Crippen LogP contribution in [0.15, 0.2) is 35.3 Å². The molecule has 3 rings (SSSR count). The average molecular weight is 367 g/mol. The number of pyridine rings is 1. The minimum atomic E-state index is -4.43. The second-order valence-corrected chi connectivity index (χ2v) is 6.44. The number of hydrogen-bond donors (Lipinski definition) is 0. The van der Waals surface area contributed by atoms with E-state index in [0.717, 1.165) is 11.9 Å². The van der Waals surface area contributed by atoms with Crippen molar-refractivity contribution in [1.82, 2.24) is 14.8 Å².